The molecule has 3 N–H and O–H groups in total. The SMILES string of the molecule is COCc1cn2c(Nc3cc([C@H]4CC[C@@H](OC(=O)NC5(C)CC5)[C@@H]4F)[nH]n3)nc(C3CC3)cc2n1. The molecule has 0 aromatic carbocycles. The first kappa shape index (κ1) is 22.3. The summed E-state index contributed by atoms with van der Waals surface area (Å²) in [4.78, 5) is 21.6. The fourth-order valence-corrected chi connectivity index (χ4v) is 4.75. The number of ether oxygens (including phenoxy) is 2. The number of nitrogens with zero attached hydrogens (tertiary/aromatic N) is 4. The highest BCUT2D eigenvalue weighted by Crippen LogP contribution is 2.41. The smallest absolute Gasteiger partial charge is 0.407 e. The van der Waals surface area contributed by atoms with Gasteiger partial charge < -0.3 is 20.1 Å². The Morgan fingerprint density at radius 1 is 1.26 bits per heavy atom. The second-order valence-electron chi connectivity index (χ2n) is 10.3. The molecule has 6 rings (SSSR count). The maximum absolute atomic E-state index is 15.2. The fourth-order valence-electron chi connectivity index (χ4n) is 4.75. The van der Waals surface area contributed by atoms with E-state index in [0.29, 0.717) is 42.8 Å². The molecule has 3 heterocycles. The van der Waals surface area contributed by atoms with Gasteiger partial charge in [0, 0.05) is 48.5 Å². The van der Waals surface area contributed by atoms with Crippen LogP contribution >= 0.6 is 0 Å². The molecule has 35 heavy (non-hydrogen) atoms. The topological polar surface area (TPSA) is 118 Å². The highest BCUT2D eigenvalue weighted by molar-refractivity contribution is 5.69. The summed E-state index contributed by atoms with van der Waals surface area (Å²) in [6.45, 7) is 2.37. The maximum Gasteiger partial charge on any atom is 0.407 e. The van der Waals surface area contributed by atoms with Gasteiger partial charge in [-0.05, 0) is 45.4 Å². The molecule has 11 heteroatoms. The second-order valence-corrected chi connectivity index (χ2v) is 10.3. The van der Waals surface area contributed by atoms with Gasteiger partial charge in [0.2, 0.25) is 5.95 Å². The summed E-state index contributed by atoms with van der Waals surface area (Å²) in [6, 6.07) is 3.82. The number of anilines is 2. The van der Waals surface area contributed by atoms with E-state index in [0.717, 1.165) is 42.7 Å². The summed E-state index contributed by atoms with van der Waals surface area (Å²) in [6.07, 6.45) is 4.44. The van der Waals surface area contributed by atoms with Crippen LogP contribution in [-0.2, 0) is 16.1 Å². The van der Waals surface area contributed by atoms with E-state index in [9.17, 15) is 4.79 Å². The zero-order valence-corrected chi connectivity index (χ0v) is 19.9. The molecule has 186 valence electrons. The van der Waals surface area contributed by atoms with Gasteiger partial charge in [-0.3, -0.25) is 9.50 Å². The van der Waals surface area contributed by atoms with Crippen molar-refractivity contribution in [2.75, 3.05) is 12.4 Å². The molecule has 10 nitrogen and oxygen atoms in total. The van der Waals surface area contributed by atoms with E-state index in [1.807, 2.05) is 23.6 Å². The summed E-state index contributed by atoms with van der Waals surface area (Å²) in [5.74, 6) is 1.19. The molecule has 0 saturated heterocycles. The number of methoxy groups -OCH3 is 1. The van der Waals surface area contributed by atoms with Crippen molar-refractivity contribution in [1.29, 1.82) is 0 Å². The number of carbonyl (C=O) groups excluding carboxylic acids is 1. The number of alkyl carbamates (subject to hydrolysis) is 1. The average molecular weight is 484 g/mol. The molecule has 1 amide bonds. The maximum atomic E-state index is 15.2. The lowest BCUT2D eigenvalue weighted by Gasteiger charge is -2.19. The normalized spacial score (nSPS) is 25.1. The molecule has 0 aliphatic heterocycles. The van der Waals surface area contributed by atoms with Crippen molar-refractivity contribution in [2.24, 2.45) is 0 Å². The van der Waals surface area contributed by atoms with Crippen molar-refractivity contribution in [1.82, 2.24) is 29.9 Å². The Hall–Kier alpha value is -3.21. The number of aromatic amines is 1. The standard InChI is InChI=1S/C24H30FN7O3/c1-24(7-8-24)29-23(33)35-18-6-5-15(21(18)25)17-9-19(31-30-17)28-22-27-16(13-3-4-13)10-20-26-14(12-34-2)11-32(20)22/h9-11,13,15,18,21H,3-8,12H2,1-2H3,(H,29,33)(H2,27,28,30,31)/t15-,18-,21-/m1/s1. The summed E-state index contributed by atoms with van der Waals surface area (Å²) >= 11 is 0. The number of nitrogens with one attached hydrogen (secondary N) is 3. The number of fused-ring (bicyclic) bond motifs is 1. The van der Waals surface area contributed by atoms with E-state index >= 15 is 4.39 Å². The molecule has 3 aromatic heterocycles. The molecular formula is C24H30FN7O3. The van der Waals surface area contributed by atoms with Gasteiger partial charge >= 0.3 is 6.09 Å². The van der Waals surface area contributed by atoms with Crippen LogP contribution in [0.15, 0.2) is 18.3 Å². The number of rotatable bonds is 8. The molecule has 0 unspecified atom stereocenters. The number of hydrogen-bond donors (Lipinski definition) is 3. The number of halogens is 1. The van der Waals surface area contributed by atoms with Crippen molar-refractivity contribution in [2.45, 2.75) is 81.7 Å². The number of hydrogen-bond acceptors (Lipinski definition) is 7. The van der Waals surface area contributed by atoms with Crippen LogP contribution in [0.5, 0.6) is 0 Å². The van der Waals surface area contributed by atoms with Crippen LogP contribution in [-0.4, -0.2) is 55.6 Å². The monoisotopic (exact) mass is 483 g/mol. The van der Waals surface area contributed by atoms with Gasteiger partial charge in [-0.25, -0.2) is 19.2 Å². The van der Waals surface area contributed by atoms with Crippen LogP contribution in [0.25, 0.3) is 5.65 Å². The van der Waals surface area contributed by atoms with Gasteiger partial charge in [-0.2, -0.15) is 5.10 Å². The summed E-state index contributed by atoms with van der Waals surface area (Å²) in [5.41, 5.74) is 3.08. The van der Waals surface area contributed by atoms with Crippen molar-refractivity contribution in [3.8, 4) is 0 Å². The van der Waals surface area contributed by atoms with Crippen LogP contribution in [0.1, 0.15) is 74.4 Å². The molecule has 0 bridgehead atoms. The lowest BCUT2D eigenvalue weighted by molar-refractivity contribution is 0.0546. The van der Waals surface area contributed by atoms with Crippen LogP contribution in [0.3, 0.4) is 0 Å². The minimum Gasteiger partial charge on any atom is -0.443 e. The third-order valence-corrected chi connectivity index (χ3v) is 7.21. The first-order valence-electron chi connectivity index (χ1n) is 12.2. The summed E-state index contributed by atoms with van der Waals surface area (Å²) in [5, 5.41) is 13.4. The molecule has 3 atom stereocenters. The Bertz CT molecular complexity index is 1250. The molecule has 0 spiro atoms. The van der Waals surface area contributed by atoms with Crippen molar-refractivity contribution < 1.29 is 18.7 Å². The van der Waals surface area contributed by atoms with E-state index in [2.05, 4.69) is 25.8 Å². The van der Waals surface area contributed by atoms with E-state index < -0.39 is 24.3 Å². The summed E-state index contributed by atoms with van der Waals surface area (Å²) < 4.78 is 27.7. The largest absolute Gasteiger partial charge is 0.443 e. The van der Waals surface area contributed by atoms with Gasteiger partial charge in [0.15, 0.2) is 5.82 Å². The lowest BCUT2D eigenvalue weighted by Crippen LogP contribution is -2.38. The molecule has 0 radical (unpaired) electrons. The number of imidazole rings is 1. The fraction of sp³-hybridized carbons (Fsp3) is 0.583. The molecular weight excluding hydrogens is 453 g/mol. The second kappa shape index (κ2) is 8.47. The molecule has 3 aromatic rings. The van der Waals surface area contributed by atoms with Gasteiger partial charge in [-0.15, -0.1) is 0 Å². The number of alkyl halides is 1. The predicted octanol–water partition coefficient (Wildman–Crippen LogP) is 4.08. The molecule has 3 aliphatic rings. The van der Waals surface area contributed by atoms with Gasteiger partial charge in [0.1, 0.15) is 17.9 Å². The number of amides is 1. The van der Waals surface area contributed by atoms with Gasteiger partial charge in [0.25, 0.3) is 0 Å². The van der Waals surface area contributed by atoms with E-state index in [1.165, 1.54) is 0 Å². The molecule has 3 aliphatic carbocycles. The molecule has 3 fully saturated rings. The van der Waals surface area contributed by atoms with Crippen molar-refractivity contribution in [3.63, 3.8) is 0 Å². The number of aromatic nitrogens is 5. The zero-order chi connectivity index (χ0) is 24.2. The van der Waals surface area contributed by atoms with E-state index in [-0.39, 0.29) is 5.54 Å². The van der Waals surface area contributed by atoms with Crippen molar-refractivity contribution in [3.05, 3.63) is 35.4 Å². The van der Waals surface area contributed by atoms with Crippen molar-refractivity contribution >= 4 is 23.5 Å². The molecule has 3 saturated carbocycles. The first-order chi connectivity index (χ1) is 16.9. The summed E-state index contributed by atoms with van der Waals surface area (Å²) in [7, 11) is 1.64. The quantitative estimate of drug-likeness (QED) is 0.442. The van der Waals surface area contributed by atoms with Gasteiger partial charge in [0.05, 0.1) is 18.0 Å². The predicted molar refractivity (Wildman–Crippen MR) is 125 cm³/mol. The Balaban J connectivity index is 1.17. The lowest BCUT2D eigenvalue weighted by atomic mass is 10.0. The minimum atomic E-state index is -1.30. The van der Waals surface area contributed by atoms with E-state index in [4.69, 9.17) is 14.5 Å². The van der Waals surface area contributed by atoms with Crippen LogP contribution in [0.4, 0.5) is 21.0 Å². The first-order valence-corrected chi connectivity index (χ1v) is 12.2. The van der Waals surface area contributed by atoms with Gasteiger partial charge in [-0.1, -0.05) is 0 Å². The Labute approximate surface area is 202 Å². The van der Waals surface area contributed by atoms with Crippen LogP contribution in [0.2, 0.25) is 0 Å². The third-order valence-electron chi connectivity index (χ3n) is 7.21. The minimum absolute atomic E-state index is 0.194. The highest BCUT2D eigenvalue weighted by atomic mass is 19.1. The third kappa shape index (κ3) is 4.56. The Kier molecular flexibility index (Phi) is 5.39. The number of H-pyrrole nitrogens is 1. The number of carbonyl (C=O) groups is 1. The highest BCUT2D eigenvalue weighted by Gasteiger charge is 2.43. The van der Waals surface area contributed by atoms with E-state index in [1.54, 1.807) is 13.2 Å². The Morgan fingerprint density at radius 2 is 2.09 bits per heavy atom. The van der Waals surface area contributed by atoms with Crippen LogP contribution < -0.4 is 10.6 Å². The zero-order valence-electron chi connectivity index (χ0n) is 19.9. The average Bonchev–Trinajstić information content (AvgIpc) is 3.66. The Morgan fingerprint density at radius 3 is 2.83 bits per heavy atom. The van der Waals surface area contributed by atoms with Crippen LogP contribution in [0, 0.1) is 0 Å².